The van der Waals surface area contributed by atoms with Gasteiger partial charge in [-0.25, -0.2) is 4.39 Å². The van der Waals surface area contributed by atoms with Crippen molar-refractivity contribution in [1.29, 1.82) is 5.26 Å². The first-order valence-electron chi connectivity index (χ1n) is 5.77. The summed E-state index contributed by atoms with van der Waals surface area (Å²) in [6, 6.07) is 12.2. The maximum Gasteiger partial charge on any atom is 0.295 e. The SMILES string of the molecule is N#Cc1ccc(CNc2ccc(F)cc2[N+](=O)[O-])cc1. The van der Waals surface area contributed by atoms with Crippen molar-refractivity contribution in [3.05, 3.63) is 69.5 Å². The quantitative estimate of drug-likeness (QED) is 0.684. The first-order chi connectivity index (χ1) is 9.60. The average molecular weight is 271 g/mol. The van der Waals surface area contributed by atoms with Crippen LogP contribution in [0.3, 0.4) is 0 Å². The molecule has 2 rings (SSSR count). The lowest BCUT2D eigenvalue weighted by Crippen LogP contribution is -2.03. The molecule has 0 aliphatic heterocycles. The third-order valence-corrected chi connectivity index (χ3v) is 2.72. The second kappa shape index (κ2) is 5.80. The minimum absolute atomic E-state index is 0.251. The number of hydrogen-bond acceptors (Lipinski definition) is 4. The molecule has 0 aromatic heterocycles. The Hall–Kier alpha value is -2.94. The van der Waals surface area contributed by atoms with Gasteiger partial charge in [-0.1, -0.05) is 12.1 Å². The molecule has 20 heavy (non-hydrogen) atoms. The fourth-order valence-electron chi connectivity index (χ4n) is 1.70. The number of halogens is 1. The van der Waals surface area contributed by atoms with Crippen molar-refractivity contribution in [1.82, 2.24) is 0 Å². The van der Waals surface area contributed by atoms with E-state index >= 15 is 0 Å². The minimum Gasteiger partial charge on any atom is -0.375 e. The maximum absolute atomic E-state index is 13.0. The monoisotopic (exact) mass is 271 g/mol. The summed E-state index contributed by atoms with van der Waals surface area (Å²) in [7, 11) is 0. The van der Waals surface area contributed by atoms with Gasteiger partial charge in [-0.05, 0) is 29.8 Å². The Balaban J connectivity index is 2.14. The molecule has 5 nitrogen and oxygen atoms in total. The van der Waals surface area contributed by atoms with Crippen LogP contribution in [0.5, 0.6) is 0 Å². The Morgan fingerprint density at radius 2 is 1.95 bits per heavy atom. The van der Waals surface area contributed by atoms with Gasteiger partial charge in [0.05, 0.1) is 22.6 Å². The van der Waals surface area contributed by atoms with Crippen LogP contribution in [-0.4, -0.2) is 4.92 Å². The zero-order valence-electron chi connectivity index (χ0n) is 10.3. The molecule has 0 atom stereocenters. The van der Waals surface area contributed by atoms with E-state index in [2.05, 4.69) is 5.32 Å². The molecular weight excluding hydrogens is 261 g/mol. The molecule has 2 aromatic rings. The largest absolute Gasteiger partial charge is 0.375 e. The van der Waals surface area contributed by atoms with Crippen LogP contribution in [0.15, 0.2) is 42.5 Å². The molecule has 0 radical (unpaired) electrons. The number of hydrogen-bond donors (Lipinski definition) is 1. The maximum atomic E-state index is 13.0. The second-order valence-electron chi connectivity index (χ2n) is 4.08. The summed E-state index contributed by atoms with van der Waals surface area (Å²) in [5, 5.41) is 22.4. The summed E-state index contributed by atoms with van der Waals surface area (Å²) in [6.45, 7) is 0.345. The fraction of sp³-hybridized carbons (Fsp3) is 0.0714. The fourth-order valence-corrected chi connectivity index (χ4v) is 1.70. The van der Waals surface area contributed by atoms with Crippen LogP contribution in [0.4, 0.5) is 15.8 Å². The van der Waals surface area contributed by atoms with Gasteiger partial charge in [-0.2, -0.15) is 5.26 Å². The molecule has 0 saturated heterocycles. The van der Waals surface area contributed by atoms with E-state index in [1.165, 1.54) is 6.07 Å². The molecule has 0 amide bonds. The van der Waals surface area contributed by atoms with Gasteiger partial charge in [0.25, 0.3) is 5.69 Å². The zero-order chi connectivity index (χ0) is 14.5. The first kappa shape index (κ1) is 13.5. The molecule has 0 bridgehead atoms. The number of nitro benzene ring substituents is 1. The van der Waals surface area contributed by atoms with E-state index in [-0.39, 0.29) is 11.4 Å². The molecular formula is C14H10FN3O2. The Bertz CT molecular complexity index is 678. The third-order valence-electron chi connectivity index (χ3n) is 2.72. The molecule has 0 heterocycles. The predicted octanol–water partition coefficient (Wildman–Crippen LogP) is 3.22. The van der Waals surface area contributed by atoms with Gasteiger partial charge < -0.3 is 5.32 Å². The molecule has 1 N–H and O–H groups in total. The lowest BCUT2D eigenvalue weighted by molar-refractivity contribution is -0.384. The molecule has 0 spiro atoms. The van der Waals surface area contributed by atoms with Crippen molar-refractivity contribution < 1.29 is 9.31 Å². The lowest BCUT2D eigenvalue weighted by atomic mass is 10.1. The van der Waals surface area contributed by atoms with Crippen LogP contribution in [0.2, 0.25) is 0 Å². The van der Waals surface area contributed by atoms with E-state index in [0.717, 1.165) is 17.7 Å². The van der Waals surface area contributed by atoms with E-state index < -0.39 is 10.7 Å². The molecule has 2 aromatic carbocycles. The molecule has 0 aliphatic rings. The Labute approximate surface area is 114 Å². The molecule has 0 aliphatic carbocycles. The van der Waals surface area contributed by atoms with Crippen molar-refractivity contribution in [2.45, 2.75) is 6.54 Å². The summed E-state index contributed by atoms with van der Waals surface area (Å²) in [5.74, 6) is -0.652. The standard InChI is InChI=1S/C14H10FN3O2/c15-12-5-6-13(14(7-12)18(19)20)17-9-11-3-1-10(8-16)2-4-11/h1-7,17H,9H2. The van der Waals surface area contributed by atoms with Crippen LogP contribution in [0.1, 0.15) is 11.1 Å². The van der Waals surface area contributed by atoms with Crippen LogP contribution in [-0.2, 0) is 6.54 Å². The predicted molar refractivity (Wildman–Crippen MR) is 71.5 cm³/mol. The Kier molecular flexibility index (Phi) is 3.91. The van der Waals surface area contributed by atoms with E-state index in [0.29, 0.717) is 12.1 Å². The minimum atomic E-state index is -0.652. The van der Waals surface area contributed by atoms with Gasteiger partial charge >= 0.3 is 0 Å². The van der Waals surface area contributed by atoms with Crippen molar-refractivity contribution in [2.24, 2.45) is 0 Å². The summed E-state index contributed by atoms with van der Waals surface area (Å²) < 4.78 is 13.0. The van der Waals surface area contributed by atoms with Crippen LogP contribution >= 0.6 is 0 Å². The van der Waals surface area contributed by atoms with Gasteiger partial charge in [0, 0.05) is 6.54 Å². The average Bonchev–Trinajstić information content (AvgIpc) is 2.46. The van der Waals surface area contributed by atoms with Gasteiger partial charge in [-0.15, -0.1) is 0 Å². The highest BCUT2D eigenvalue weighted by Gasteiger charge is 2.14. The molecule has 6 heteroatoms. The van der Waals surface area contributed by atoms with Gasteiger partial charge in [0.1, 0.15) is 11.5 Å². The number of anilines is 1. The summed E-state index contributed by atoms with van der Waals surface area (Å²) >= 11 is 0. The highest BCUT2D eigenvalue weighted by Crippen LogP contribution is 2.25. The van der Waals surface area contributed by atoms with Gasteiger partial charge in [0.15, 0.2) is 0 Å². The Morgan fingerprint density at radius 1 is 1.25 bits per heavy atom. The highest BCUT2D eigenvalue weighted by atomic mass is 19.1. The van der Waals surface area contributed by atoms with Crippen molar-refractivity contribution in [2.75, 3.05) is 5.32 Å². The number of nitro groups is 1. The number of nitrogens with zero attached hydrogens (tertiary/aromatic N) is 2. The number of nitrogens with one attached hydrogen (secondary N) is 1. The molecule has 0 saturated carbocycles. The molecule has 100 valence electrons. The van der Waals surface area contributed by atoms with Crippen LogP contribution in [0, 0.1) is 27.3 Å². The Morgan fingerprint density at radius 3 is 2.55 bits per heavy atom. The highest BCUT2D eigenvalue weighted by molar-refractivity contribution is 5.61. The normalized spacial score (nSPS) is 9.80. The molecule has 0 unspecified atom stereocenters. The number of benzene rings is 2. The van der Waals surface area contributed by atoms with Crippen LogP contribution in [0.25, 0.3) is 0 Å². The number of rotatable bonds is 4. The van der Waals surface area contributed by atoms with Gasteiger partial charge in [-0.3, -0.25) is 10.1 Å². The second-order valence-corrected chi connectivity index (χ2v) is 4.08. The van der Waals surface area contributed by atoms with E-state index in [9.17, 15) is 14.5 Å². The van der Waals surface area contributed by atoms with Crippen molar-refractivity contribution in [3.63, 3.8) is 0 Å². The van der Waals surface area contributed by atoms with Crippen LogP contribution < -0.4 is 5.32 Å². The lowest BCUT2D eigenvalue weighted by Gasteiger charge is -2.07. The van der Waals surface area contributed by atoms with Crippen molar-refractivity contribution >= 4 is 11.4 Å². The third kappa shape index (κ3) is 3.09. The van der Waals surface area contributed by atoms with Gasteiger partial charge in [0.2, 0.25) is 0 Å². The zero-order valence-corrected chi connectivity index (χ0v) is 10.3. The van der Waals surface area contributed by atoms with E-state index in [1.54, 1.807) is 24.3 Å². The summed E-state index contributed by atoms with van der Waals surface area (Å²) in [5.41, 5.74) is 1.35. The summed E-state index contributed by atoms with van der Waals surface area (Å²) in [4.78, 5) is 10.2. The molecule has 0 fully saturated rings. The smallest absolute Gasteiger partial charge is 0.295 e. The topological polar surface area (TPSA) is 79.0 Å². The van der Waals surface area contributed by atoms with E-state index in [1.807, 2.05) is 6.07 Å². The number of nitriles is 1. The summed E-state index contributed by atoms with van der Waals surface area (Å²) in [6.07, 6.45) is 0. The van der Waals surface area contributed by atoms with Crippen molar-refractivity contribution in [3.8, 4) is 6.07 Å². The van der Waals surface area contributed by atoms with E-state index in [4.69, 9.17) is 5.26 Å². The first-order valence-corrected chi connectivity index (χ1v) is 5.77.